The second-order valence-corrected chi connectivity index (χ2v) is 10.6. The fourth-order valence-electron chi connectivity index (χ4n) is 4.94. The molecule has 1 aliphatic heterocycles. The minimum absolute atomic E-state index is 0.204. The summed E-state index contributed by atoms with van der Waals surface area (Å²) >= 11 is 0.883. The van der Waals surface area contributed by atoms with E-state index < -0.39 is 5.91 Å². The Morgan fingerprint density at radius 2 is 1.76 bits per heavy atom. The van der Waals surface area contributed by atoms with Gasteiger partial charge in [-0.2, -0.15) is 0 Å². The maximum Gasteiger partial charge on any atom is 0.290 e. The van der Waals surface area contributed by atoms with E-state index in [0.717, 1.165) is 56.0 Å². The first-order valence-electron chi connectivity index (χ1n) is 12.9. The highest BCUT2D eigenvalue weighted by Gasteiger charge is 2.28. The molecule has 2 aliphatic rings. The van der Waals surface area contributed by atoms with E-state index in [1.54, 1.807) is 18.3 Å². The second kappa shape index (κ2) is 12.3. The molecule has 2 amide bonds. The molecule has 0 unspecified atom stereocenters. The van der Waals surface area contributed by atoms with Crippen LogP contribution in [0.2, 0.25) is 0 Å². The van der Waals surface area contributed by atoms with Gasteiger partial charge in [0.25, 0.3) is 11.1 Å². The van der Waals surface area contributed by atoms with Crippen molar-refractivity contribution in [2.45, 2.75) is 50.7 Å². The Labute approximate surface area is 225 Å². The molecule has 0 spiro atoms. The standard InChI is InChI=1S/C29H30FN5O2S/c30-22-8-6-20(7-9-22)14-16-31-23-10-12-25(13-11-23)35(19-21-4-2-1-3-5-21)28-32-17-15-24(33-28)18-26-27(36)34-29(37)38-26/h1-9,15,17-18,23,25,31H,10-14,16,19H2,(H,34,36,37). The Balaban J connectivity index is 1.25. The van der Waals surface area contributed by atoms with Gasteiger partial charge in [-0.3, -0.25) is 14.9 Å². The third-order valence-corrected chi connectivity index (χ3v) is 7.75. The van der Waals surface area contributed by atoms with Crippen molar-refractivity contribution < 1.29 is 14.0 Å². The molecule has 7 nitrogen and oxygen atoms in total. The van der Waals surface area contributed by atoms with E-state index in [4.69, 9.17) is 4.98 Å². The summed E-state index contributed by atoms with van der Waals surface area (Å²) in [5.74, 6) is 0.0153. The number of halogens is 1. The number of thioether (sulfide) groups is 1. The normalized spacial score (nSPS) is 20.5. The topological polar surface area (TPSA) is 87.2 Å². The minimum atomic E-state index is -0.397. The molecule has 1 aromatic heterocycles. The van der Waals surface area contributed by atoms with Gasteiger partial charge >= 0.3 is 0 Å². The van der Waals surface area contributed by atoms with Crippen LogP contribution in [0.3, 0.4) is 0 Å². The number of benzene rings is 2. The molecule has 5 rings (SSSR count). The average Bonchev–Trinajstić information content (AvgIpc) is 3.25. The van der Waals surface area contributed by atoms with E-state index in [2.05, 4.69) is 32.7 Å². The van der Waals surface area contributed by atoms with Crippen LogP contribution in [0.1, 0.15) is 42.5 Å². The molecule has 2 fully saturated rings. The molecule has 0 atom stereocenters. The summed E-state index contributed by atoms with van der Waals surface area (Å²) < 4.78 is 13.1. The van der Waals surface area contributed by atoms with Gasteiger partial charge in [-0.25, -0.2) is 14.4 Å². The van der Waals surface area contributed by atoms with Crippen LogP contribution in [0, 0.1) is 5.82 Å². The van der Waals surface area contributed by atoms with E-state index in [-0.39, 0.29) is 17.1 Å². The maximum absolute atomic E-state index is 13.1. The molecule has 1 saturated carbocycles. The van der Waals surface area contributed by atoms with Gasteiger partial charge in [0, 0.05) is 24.8 Å². The number of carbonyl (C=O) groups excluding carboxylic acids is 2. The van der Waals surface area contributed by atoms with Crippen LogP contribution in [0.15, 0.2) is 71.8 Å². The maximum atomic E-state index is 13.1. The molecule has 196 valence electrons. The van der Waals surface area contributed by atoms with Crippen LogP contribution >= 0.6 is 11.8 Å². The SMILES string of the molecule is O=C1NC(=O)C(=Cc2ccnc(N(Cc3ccccc3)C3CCC(NCCc4ccc(F)cc4)CC3)n2)S1. The van der Waals surface area contributed by atoms with Gasteiger partial charge in [0.2, 0.25) is 5.95 Å². The van der Waals surface area contributed by atoms with Crippen LogP contribution in [-0.4, -0.2) is 39.7 Å². The summed E-state index contributed by atoms with van der Waals surface area (Å²) in [7, 11) is 0. The Morgan fingerprint density at radius 3 is 2.47 bits per heavy atom. The fourth-order valence-corrected chi connectivity index (χ4v) is 5.61. The number of nitrogens with zero attached hydrogens (tertiary/aromatic N) is 3. The Hall–Kier alpha value is -3.56. The molecule has 3 aromatic rings. The van der Waals surface area contributed by atoms with Crippen molar-refractivity contribution in [3.05, 3.63) is 94.4 Å². The number of nitrogens with one attached hydrogen (secondary N) is 2. The van der Waals surface area contributed by atoms with Gasteiger partial charge in [0.05, 0.1) is 10.6 Å². The lowest BCUT2D eigenvalue weighted by atomic mass is 9.90. The van der Waals surface area contributed by atoms with Gasteiger partial charge in [-0.15, -0.1) is 0 Å². The van der Waals surface area contributed by atoms with Crippen molar-refractivity contribution in [1.29, 1.82) is 0 Å². The van der Waals surface area contributed by atoms with Gasteiger partial charge in [-0.05, 0) is 85.8 Å². The molecule has 0 bridgehead atoms. The number of anilines is 1. The van der Waals surface area contributed by atoms with E-state index >= 15 is 0 Å². The smallest absolute Gasteiger partial charge is 0.290 e. The lowest BCUT2D eigenvalue weighted by Crippen LogP contribution is -2.43. The van der Waals surface area contributed by atoms with Gasteiger partial charge < -0.3 is 10.2 Å². The molecule has 0 radical (unpaired) electrons. The third kappa shape index (κ3) is 6.85. The van der Waals surface area contributed by atoms with Crippen molar-refractivity contribution in [2.75, 3.05) is 11.4 Å². The second-order valence-electron chi connectivity index (χ2n) is 9.58. The third-order valence-electron chi connectivity index (χ3n) is 6.94. The molecular weight excluding hydrogens is 501 g/mol. The Kier molecular flexibility index (Phi) is 8.45. The first-order valence-corrected chi connectivity index (χ1v) is 13.7. The van der Waals surface area contributed by atoms with Crippen LogP contribution in [0.25, 0.3) is 6.08 Å². The molecule has 2 heterocycles. The molecule has 1 aliphatic carbocycles. The van der Waals surface area contributed by atoms with E-state index in [0.29, 0.717) is 29.1 Å². The molecule has 9 heteroatoms. The highest BCUT2D eigenvalue weighted by molar-refractivity contribution is 8.18. The lowest BCUT2D eigenvalue weighted by Gasteiger charge is -2.37. The summed E-state index contributed by atoms with van der Waals surface area (Å²) in [6, 6.07) is 19.4. The zero-order valence-corrected chi connectivity index (χ0v) is 21.8. The molecular formula is C29H30FN5O2S. The van der Waals surface area contributed by atoms with Crippen LogP contribution in [-0.2, 0) is 17.8 Å². The number of amides is 2. The number of hydrogen-bond donors (Lipinski definition) is 2. The summed E-state index contributed by atoms with van der Waals surface area (Å²) in [5, 5.41) is 5.58. The summed E-state index contributed by atoms with van der Waals surface area (Å²) in [6.45, 7) is 1.55. The first-order chi connectivity index (χ1) is 18.5. The van der Waals surface area contributed by atoms with Crippen LogP contribution in [0.4, 0.5) is 15.1 Å². The Bertz CT molecular complexity index is 1290. The minimum Gasteiger partial charge on any atom is -0.333 e. The predicted molar refractivity (Wildman–Crippen MR) is 148 cm³/mol. The van der Waals surface area contributed by atoms with Crippen LogP contribution in [0.5, 0.6) is 0 Å². The van der Waals surface area contributed by atoms with E-state index in [1.165, 1.54) is 17.7 Å². The van der Waals surface area contributed by atoms with Crippen molar-refractivity contribution in [2.24, 2.45) is 0 Å². The van der Waals surface area contributed by atoms with Crippen molar-refractivity contribution >= 4 is 34.9 Å². The monoisotopic (exact) mass is 531 g/mol. The zero-order valence-electron chi connectivity index (χ0n) is 21.0. The molecule has 2 N–H and O–H groups in total. The average molecular weight is 532 g/mol. The summed E-state index contributed by atoms with van der Waals surface area (Å²) in [6.07, 6.45) is 8.31. The molecule has 38 heavy (non-hydrogen) atoms. The number of rotatable bonds is 9. The molecule has 1 saturated heterocycles. The fraction of sp³-hybridized carbons (Fsp3) is 0.310. The predicted octanol–water partition coefficient (Wildman–Crippen LogP) is 5.09. The summed E-state index contributed by atoms with van der Waals surface area (Å²) in [4.78, 5) is 35.5. The van der Waals surface area contributed by atoms with Crippen molar-refractivity contribution in [1.82, 2.24) is 20.6 Å². The van der Waals surface area contributed by atoms with Crippen LogP contribution < -0.4 is 15.5 Å². The lowest BCUT2D eigenvalue weighted by molar-refractivity contribution is -0.115. The number of hydrogen-bond acceptors (Lipinski definition) is 7. The highest BCUT2D eigenvalue weighted by atomic mass is 32.2. The molecule has 2 aromatic carbocycles. The summed E-state index contributed by atoms with van der Waals surface area (Å²) in [5.41, 5.74) is 2.90. The quantitative estimate of drug-likeness (QED) is 0.372. The van der Waals surface area contributed by atoms with E-state index in [9.17, 15) is 14.0 Å². The van der Waals surface area contributed by atoms with Gasteiger partial charge in [0.15, 0.2) is 0 Å². The zero-order chi connectivity index (χ0) is 26.3. The largest absolute Gasteiger partial charge is 0.333 e. The highest BCUT2D eigenvalue weighted by Crippen LogP contribution is 2.29. The number of imide groups is 1. The van der Waals surface area contributed by atoms with Crippen molar-refractivity contribution in [3.63, 3.8) is 0 Å². The van der Waals surface area contributed by atoms with Gasteiger partial charge in [0.1, 0.15) is 5.82 Å². The Morgan fingerprint density at radius 1 is 1.00 bits per heavy atom. The van der Waals surface area contributed by atoms with Gasteiger partial charge in [-0.1, -0.05) is 42.5 Å². The van der Waals surface area contributed by atoms with Crippen molar-refractivity contribution in [3.8, 4) is 0 Å². The number of aromatic nitrogens is 2. The van der Waals surface area contributed by atoms with E-state index in [1.807, 2.05) is 30.3 Å². The number of carbonyl (C=O) groups is 2. The first kappa shape index (κ1) is 26.1.